The molecule has 5 rings (SSSR count). The lowest BCUT2D eigenvalue weighted by Gasteiger charge is -2.37. The van der Waals surface area contributed by atoms with Crippen molar-refractivity contribution in [2.24, 2.45) is 16.8 Å². The van der Waals surface area contributed by atoms with Crippen molar-refractivity contribution in [1.82, 2.24) is 14.8 Å². The van der Waals surface area contributed by atoms with Crippen LogP contribution >= 0.6 is 0 Å². The summed E-state index contributed by atoms with van der Waals surface area (Å²) in [5.41, 5.74) is 7.14. The summed E-state index contributed by atoms with van der Waals surface area (Å²) in [5.74, 6) is 0.200. The average molecular weight is 471 g/mol. The van der Waals surface area contributed by atoms with Crippen LogP contribution in [0.3, 0.4) is 0 Å². The lowest BCUT2D eigenvalue weighted by atomic mass is 9.87. The lowest BCUT2D eigenvalue weighted by Crippen LogP contribution is -2.48. The van der Waals surface area contributed by atoms with Crippen molar-refractivity contribution in [3.63, 3.8) is 0 Å². The minimum atomic E-state index is -4.24. The highest BCUT2D eigenvalue weighted by Crippen LogP contribution is 2.35. The van der Waals surface area contributed by atoms with Gasteiger partial charge in [0.15, 0.2) is 0 Å². The Morgan fingerprint density at radius 1 is 1.12 bits per heavy atom. The Morgan fingerprint density at radius 3 is 2.62 bits per heavy atom. The highest BCUT2D eigenvalue weighted by Gasteiger charge is 2.44. The molecule has 8 heteroatoms. The second-order valence-electron chi connectivity index (χ2n) is 10.1. The molecule has 3 aliphatic rings. The number of halogens is 3. The van der Waals surface area contributed by atoms with Crippen molar-refractivity contribution < 1.29 is 18.0 Å². The summed E-state index contributed by atoms with van der Waals surface area (Å²) in [5, 5.41) is 0. The van der Waals surface area contributed by atoms with Gasteiger partial charge in [0.05, 0.1) is 25.2 Å². The van der Waals surface area contributed by atoms with Crippen LogP contribution in [0, 0.1) is 18.8 Å². The first-order chi connectivity index (χ1) is 16.1. The average Bonchev–Trinajstić information content (AvgIpc) is 3.34. The van der Waals surface area contributed by atoms with Crippen molar-refractivity contribution >= 4 is 11.6 Å². The maximum Gasteiger partial charge on any atom is 0.401 e. The summed E-state index contributed by atoms with van der Waals surface area (Å²) >= 11 is 0. The van der Waals surface area contributed by atoms with E-state index in [1.807, 2.05) is 37.8 Å². The number of carbonyl (C=O) groups excluding carboxylic acids is 1. The number of alkyl halides is 3. The molecule has 0 N–H and O–H groups in total. The van der Waals surface area contributed by atoms with Gasteiger partial charge in [-0.2, -0.15) is 13.2 Å². The van der Waals surface area contributed by atoms with Gasteiger partial charge in [-0.3, -0.25) is 19.7 Å². The van der Waals surface area contributed by atoms with Gasteiger partial charge in [-0.1, -0.05) is 19.9 Å². The number of rotatable bonds is 4. The van der Waals surface area contributed by atoms with E-state index in [0.717, 1.165) is 39.2 Å². The summed E-state index contributed by atoms with van der Waals surface area (Å²) in [4.78, 5) is 25.5. The number of aromatic nitrogens is 1. The zero-order valence-electron chi connectivity index (χ0n) is 19.7. The second-order valence-corrected chi connectivity index (χ2v) is 10.1. The molecule has 1 fully saturated rings. The van der Waals surface area contributed by atoms with Gasteiger partial charge in [0, 0.05) is 48.7 Å². The van der Waals surface area contributed by atoms with Crippen LogP contribution in [0.5, 0.6) is 0 Å². The Bertz CT molecular complexity index is 1160. The van der Waals surface area contributed by atoms with Gasteiger partial charge < -0.3 is 4.90 Å². The molecule has 34 heavy (non-hydrogen) atoms. The van der Waals surface area contributed by atoms with Gasteiger partial charge in [-0.15, -0.1) is 0 Å². The standard InChI is InChI=1S/C26H29F3N4O/c1-15(2)22-12-32(14-26(27,28)29)13-23(22)33-11-20-8-21-19(7-18(20)9-24(33)34)10-31-25(21)17-4-5-30-16(3)6-17/h4-8,15,22-23H,9-14H2,1-3H3/t22-,23+/m0/s1. The lowest BCUT2D eigenvalue weighted by molar-refractivity contribution is -0.144. The molecule has 0 unspecified atom stereocenters. The van der Waals surface area contributed by atoms with Gasteiger partial charge in [0.1, 0.15) is 0 Å². The molecule has 0 saturated carbocycles. The number of pyridine rings is 1. The normalized spacial score (nSPS) is 22.9. The van der Waals surface area contributed by atoms with Crippen molar-refractivity contribution in [1.29, 1.82) is 0 Å². The van der Waals surface area contributed by atoms with E-state index in [-0.39, 0.29) is 36.8 Å². The van der Waals surface area contributed by atoms with Crippen molar-refractivity contribution in [3.05, 3.63) is 64.0 Å². The number of amides is 1. The predicted molar refractivity (Wildman–Crippen MR) is 124 cm³/mol. The molecule has 4 heterocycles. The molecule has 0 radical (unpaired) electrons. The third kappa shape index (κ3) is 4.35. The fourth-order valence-corrected chi connectivity index (χ4v) is 5.69. The van der Waals surface area contributed by atoms with Crippen LogP contribution in [0.15, 0.2) is 35.5 Å². The molecule has 0 bridgehead atoms. The minimum absolute atomic E-state index is 0.000793. The first-order valence-corrected chi connectivity index (χ1v) is 11.8. The molecule has 5 nitrogen and oxygen atoms in total. The molecule has 1 amide bonds. The monoisotopic (exact) mass is 470 g/mol. The number of aliphatic imine (C=N–C) groups is 1. The summed E-state index contributed by atoms with van der Waals surface area (Å²) in [6.45, 7) is 6.72. The Hall–Kier alpha value is -2.74. The number of hydrogen-bond donors (Lipinski definition) is 0. The van der Waals surface area contributed by atoms with Crippen LogP contribution < -0.4 is 0 Å². The number of likely N-dealkylation sites (tertiary alicyclic amines) is 1. The maximum atomic E-state index is 13.2. The molecule has 0 aliphatic carbocycles. The molecule has 1 aromatic heterocycles. The number of carbonyl (C=O) groups is 1. The van der Waals surface area contributed by atoms with E-state index in [1.54, 1.807) is 6.20 Å². The fraction of sp³-hybridized carbons (Fsp3) is 0.500. The van der Waals surface area contributed by atoms with E-state index >= 15 is 0 Å². The van der Waals surface area contributed by atoms with Gasteiger partial charge in [0.2, 0.25) is 5.91 Å². The Morgan fingerprint density at radius 2 is 1.91 bits per heavy atom. The highest BCUT2D eigenvalue weighted by molar-refractivity contribution is 6.15. The molecule has 1 saturated heterocycles. The van der Waals surface area contributed by atoms with E-state index in [9.17, 15) is 18.0 Å². The maximum absolute atomic E-state index is 13.2. The topological polar surface area (TPSA) is 48.8 Å². The number of benzene rings is 1. The highest BCUT2D eigenvalue weighted by atomic mass is 19.4. The minimum Gasteiger partial charge on any atom is -0.333 e. The molecule has 1 aromatic carbocycles. The van der Waals surface area contributed by atoms with E-state index in [2.05, 4.69) is 17.1 Å². The summed E-state index contributed by atoms with van der Waals surface area (Å²) in [6.07, 6.45) is -2.17. The predicted octanol–water partition coefficient (Wildman–Crippen LogP) is 4.14. The fourth-order valence-electron chi connectivity index (χ4n) is 5.69. The number of aryl methyl sites for hydroxylation is 1. The van der Waals surface area contributed by atoms with Crippen LogP contribution in [0.4, 0.5) is 13.2 Å². The summed E-state index contributed by atoms with van der Waals surface area (Å²) < 4.78 is 39.2. The Kier molecular flexibility index (Phi) is 5.74. The first kappa shape index (κ1) is 23.0. The van der Waals surface area contributed by atoms with Crippen LogP contribution in [-0.4, -0.2) is 58.3 Å². The van der Waals surface area contributed by atoms with Crippen molar-refractivity contribution in [2.45, 2.75) is 52.5 Å². The SMILES string of the molecule is Cc1cc(C2=NCc3cc4c(cc32)CN([C@@H]2CN(CC(F)(F)F)C[C@H]2C(C)C)C(=O)C4)ccn1. The smallest absolute Gasteiger partial charge is 0.333 e. The van der Waals surface area contributed by atoms with E-state index in [0.29, 0.717) is 19.6 Å². The molecule has 3 aliphatic heterocycles. The second kappa shape index (κ2) is 8.48. The van der Waals surface area contributed by atoms with Crippen molar-refractivity contribution in [2.75, 3.05) is 19.6 Å². The van der Waals surface area contributed by atoms with Crippen molar-refractivity contribution in [3.8, 4) is 0 Å². The van der Waals surface area contributed by atoms with E-state index < -0.39 is 12.7 Å². The quantitative estimate of drug-likeness (QED) is 0.675. The van der Waals surface area contributed by atoms with Gasteiger partial charge in [0.25, 0.3) is 0 Å². The number of nitrogens with zero attached hydrogens (tertiary/aromatic N) is 4. The van der Waals surface area contributed by atoms with E-state index in [1.165, 1.54) is 4.90 Å². The molecular weight excluding hydrogens is 441 g/mol. The van der Waals surface area contributed by atoms with Gasteiger partial charge >= 0.3 is 6.18 Å². The summed E-state index contributed by atoms with van der Waals surface area (Å²) in [7, 11) is 0. The van der Waals surface area contributed by atoms with Gasteiger partial charge in [-0.05, 0) is 53.6 Å². The van der Waals surface area contributed by atoms with Crippen LogP contribution in [0.25, 0.3) is 0 Å². The first-order valence-electron chi connectivity index (χ1n) is 11.8. The molecule has 180 valence electrons. The zero-order chi connectivity index (χ0) is 24.2. The number of fused-ring (bicyclic) bond motifs is 2. The van der Waals surface area contributed by atoms with Crippen LogP contribution in [0.2, 0.25) is 0 Å². The Labute approximate surface area is 197 Å². The zero-order valence-corrected chi connectivity index (χ0v) is 19.7. The van der Waals surface area contributed by atoms with E-state index in [4.69, 9.17) is 4.99 Å². The van der Waals surface area contributed by atoms with Crippen LogP contribution in [-0.2, 0) is 24.3 Å². The molecule has 2 atom stereocenters. The third-order valence-corrected chi connectivity index (χ3v) is 7.33. The largest absolute Gasteiger partial charge is 0.401 e. The van der Waals surface area contributed by atoms with Gasteiger partial charge in [-0.25, -0.2) is 0 Å². The molecule has 2 aromatic rings. The van der Waals surface area contributed by atoms with Crippen LogP contribution in [0.1, 0.15) is 47.4 Å². The number of hydrogen-bond acceptors (Lipinski definition) is 4. The summed E-state index contributed by atoms with van der Waals surface area (Å²) in [6, 6.07) is 7.99. The Balaban J connectivity index is 1.43. The molecular formula is C26H29F3N4O. The third-order valence-electron chi connectivity index (χ3n) is 7.33. The molecule has 0 spiro atoms.